The molecule has 4 aliphatic carbocycles. The third-order valence-corrected chi connectivity index (χ3v) is 7.34. The summed E-state index contributed by atoms with van der Waals surface area (Å²) in [7, 11) is 0. The number of carbonyl (C=O) groups is 1. The number of allylic oxidation sites excluding steroid dienone is 2. The van der Waals surface area contributed by atoms with Gasteiger partial charge in [-0.25, -0.2) is 0 Å². The second-order valence-electron chi connectivity index (χ2n) is 8.26. The highest BCUT2D eigenvalue weighted by Gasteiger charge is 2.54. The van der Waals surface area contributed by atoms with Crippen LogP contribution >= 0.6 is 0 Å². The van der Waals surface area contributed by atoms with E-state index in [4.69, 9.17) is 0 Å². The molecule has 4 aliphatic rings. The lowest BCUT2D eigenvalue weighted by molar-refractivity contribution is -0.115. The van der Waals surface area contributed by atoms with E-state index in [1.165, 1.54) is 18.4 Å². The summed E-state index contributed by atoms with van der Waals surface area (Å²) in [6.07, 6.45) is 11.5. The highest BCUT2D eigenvalue weighted by atomic mass is 16.3. The molecule has 0 bridgehead atoms. The smallest absolute Gasteiger partial charge is 0.155 e. The van der Waals surface area contributed by atoms with Crippen molar-refractivity contribution < 1.29 is 9.90 Å². The molecule has 0 aromatic carbocycles. The molecule has 0 spiro atoms. The SMILES string of the molecule is CC[C@@H]1CC2=CC(=O)CC[C@@H]2[C@H]2CC[C@@]3(C)C(=CC[C@@H]3O)[C@H]12. The first-order chi connectivity index (χ1) is 10.5. The molecular formula is C20H28O2. The summed E-state index contributed by atoms with van der Waals surface area (Å²) >= 11 is 0. The van der Waals surface area contributed by atoms with Crippen LogP contribution in [0.5, 0.6) is 0 Å². The zero-order valence-electron chi connectivity index (χ0n) is 13.8. The first-order valence-corrected chi connectivity index (χ1v) is 9.16. The molecule has 0 aromatic rings. The Balaban J connectivity index is 1.73. The third kappa shape index (κ3) is 1.92. The average Bonchev–Trinajstić information content (AvgIpc) is 2.81. The number of ketones is 1. The minimum Gasteiger partial charge on any atom is -0.392 e. The Kier molecular flexibility index (Phi) is 3.38. The maximum absolute atomic E-state index is 11.8. The van der Waals surface area contributed by atoms with E-state index in [2.05, 4.69) is 19.9 Å². The first-order valence-electron chi connectivity index (χ1n) is 9.16. The minimum atomic E-state index is -0.175. The molecule has 0 aliphatic heterocycles. The molecule has 4 rings (SSSR count). The minimum absolute atomic E-state index is 0.0281. The molecule has 22 heavy (non-hydrogen) atoms. The van der Waals surface area contributed by atoms with E-state index < -0.39 is 0 Å². The number of hydrogen-bond acceptors (Lipinski definition) is 2. The Morgan fingerprint density at radius 1 is 1.36 bits per heavy atom. The maximum Gasteiger partial charge on any atom is 0.155 e. The molecule has 2 fully saturated rings. The summed E-state index contributed by atoms with van der Waals surface area (Å²) < 4.78 is 0. The van der Waals surface area contributed by atoms with Crippen molar-refractivity contribution >= 4 is 5.78 Å². The van der Waals surface area contributed by atoms with E-state index in [1.54, 1.807) is 5.57 Å². The number of carbonyl (C=O) groups excluding carboxylic acids is 1. The predicted octanol–water partition coefficient (Wildman–Crippen LogP) is 4.05. The van der Waals surface area contributed by atoms with Gasteiger partial charge in [0.2, 0.25) is 0 Å². The second kappa shape index (κ2) is 5.06. The van der Waals surface area contributed by atoms with Gasteiger partial charge in [-0.05, 0) is 61.9 Å². The molecule has 0 aromatic heterocycles. The summed E-state index contributed by atoms with van der Waals surface area (Å²) in [5.74, 6) is 3.00. The maximum atomic E-state index is 11.8. The van der Waals surface area contributed by atoms with E-state index in [0.29, 0.717) is 29.5 Å². The van der Waals surface area contributed by atoms with Crippen LogP contribution in [0.15, 0.2) is 23.3 Å². The normalized spacial score (nSPS) is 47.2. The molecule has 2 heteroatoms. The van der Waals surface area contributed by atoms with Crippen LogP contribution < -0.4 is 0 Å². The van der Waals surface area contributed by atoms with Gasteiger partial charge in [-0.15, -0.1) is 0 Å². The van der Waals surface area contributed by atoms with Crippen molar-refractivity contribution in [3.05, 3.63) is 23.3 Å². The highest BCUT2D eigenvalue weighted by molar-refractivity contribution is 5.91. The highest BCUT2D eigenvalue weighted by Crippen LogP contribution is 2.61. The van der Waals surface area contributed by atoms with Crippen LogP contribution in [-0.2, 0) is 4.79 Å². The fraction of sp³-hybridized carbons (Fsp3) is 0.750. The van der Waals surface area contributed by atoms with Crippen LogP contribution in [0.3, 0.4) is 0 Å². The van der Waals surface area contributed by atoms with Gasteiger partial charge in [0.05, 0.1) is 6.10 Å². The zero-order valence-corrected chi connectivity index (χ0v) is 13.8. The van der Waals surface area contributed by atoms with Crippen molar-refractivity contribution in [2.45, 2.75) is 64.9 Å². The Hall–Kier alpha value is -0.890. The molecule has 2 nitrogen and oxygen atoms in total. The van der Waals surface area contributed by atoms with Crippen molar-refractivity contribution in [2.75, 3.05) is 0 Å². The number of aliphatic hydroxyl groups is 1. The van der Waals surface area contributed by atoms with E-state index in [9.17, 15) is 9.90 Å². The summed E-state index contributed by atoms with van der Waals surface area (Å²) in [5, 5.41) is 10.5. The molecular weight excluding hydrogens is 272 g/mol. The van der Waals surface area contributed by atoms with Gasteiger partial charge < -0.3 is 5.11 Å². The van der Waals surface area contributed by atoms with E-state index in [-0.39, 0.29) is 11.5 Å². The van der Waals surface area contributed by atoms with E-state index >= 15 is 0 Å². The van der Waals surface area contributed by atoms with Crippen LogP contribution in [0.25, 0.3) is 0 Å². The largest absolute Gasteiger partial charge is 0.392 e. The standard InChI is InChI=1S/C20H28O2/c1-3-12-10-13-11-14(21)4-5-15(13)16-8-9-20(2)17(19(12)16)6-7-18(20)22/h6,11-12,15-16,18-19,22H,3-5,7-10H2,1-2H3/t12-,15+,16-,18+,19-,20+/m1/s1. The number of aliphatic hydroxyl groups excluding tert-OH is 1. The molecule has 1 N–H and O–H groups in total. The molecule has 0 radical (unpaired) electrons. The van der Waals surface area contributed by atoms with Crippen LogP contribution in [0.2, 0.25) is 0 Å². The monoisotopic (exact) mass is 300 g/mol. The van der Waals surface area contributed by atoms with Crippen LogP contribution in [0.4, 0.5) is 0 Å². The summed E-state index contributed by atoms with van der Waals surface area (Å²) in [6, 6.07) is 0. The fourth-order valence-electron chi connectivity index (χ4n) is 6.08. The molecule has 120 valence electrons. The Morgan fingerprint density at radius 3 is 2.95 bits per heavy atom. The number of rotatable bonds is 1. The lowest BCUT2D eigenvalue weighted by Gasteiger charge is -2.54. The van der Waals surface area contributed by atoms with Gasteiger partial charge >= 0.3 is 0 Å². The third-order valence-electron chi connectivity index (χ3n) is 7.34. The summed E-state index contributed by atoms with van der Waals surface area (Å²) in [5.41, 5.74) is 3.05. The quantitative estimate of drug-likeness (QED) is 0.742. The van der Waals surface area contributed by atoms with Crippen molar-refractivity contribution in [1.29, 1.82) is 0 Å². The average molecular weight is 300 g/mol. The molecule has 2 saturated carbocycles. The molecule has 0 amide bonds. The molecule has 6 atom stereocenters. The summed E-state index contributed by atoms with van der Waals surface area (Å²) in [4.78, 5) is 11.8. The summed E-state index contributed by atoms with van der Waals surface area (Å²) in [6.45, 7) is 4.58. The van der Waals surface area contributed by atoms with E-state index in [0.717, 1.165) is 32.1 Å². The van der Waals surface area contributed by atoms with Gasteiger partial charge in [-0.2, -0.15) is 0 Å². The Bertz CT molecular complexity index is 558. The van der Waals surface area contributed by atoms with Gasteiger partial charge in [0, 0.05) is 11.8 Å². The molecule has 0 heterocycles. The first kappa shape index (κ1) is 14.7. The van der Waals surface area contributed by atoms with Crippen LogP contribution in [0.1, 0.15) is 58.8 Å². The molecule has 0 unspecified atom stereocenters. The topological polar surface area (TPSA) is 37.3 Å². The van der Waals surface area contributed by atoms with Gasteiger partial charge in [0.25, 0.3) is 0 Å². The van der Waals surface area contributed by atoms with Crippen molar-refractivity contribution in [1.82, 2.24) is 0 Å². The van der Waals surface area contributed by atoms with Gasteiger partial charge in [0.1, 0.15) is 0 Å². The van der Waals surface area contributed by atoms with Crippen molar-refractivity contribution in [2.24, 2.45) is 29.1 Å². The zero-order chi connectivity index (χ0) is 15.5. The van der Waals surface area contributed by atoms with E-state index in [1.807, 2.05) is 6.08 Å². The number of hydrogen-bond donors (Lipinski definition) is 1. The van der Waals surface area contributed by atoms with Gasteiger partial charge in [-0.3, -0.25) is 4.79 Å². The second-order valence-corrected chi connectivity index (χ2v) is 8.26. The predicted molar refractivity (Wildman–Crippen MR) is 87.2 cm³/mol. The fourth-order valence-corrected chi connectivity index (χ4v) is 6.08. The van der Waals surface area contributed by atoms with Crippen LogP contribution in [0, 0.1) is 29.1 Å². The van der Waals surface area contributed by atoms with Crippen molar-refractivity contribution in [3.8, 4) is 0 Å². The van der Waals surface area contributed by atoms with Crippen molar-refractivity contribution in [3.63, 3.8) is 0 Å². The number of fused-ring (bicyclic) bond motifs is 5. The Labute approximate surface area is 133 Å². The lowest BCUT2D eigenvalue weighted by Crippen LogP contribution is -2.47. The molecule has 0 saturated heterocycles. The van der Waals surface area contributed by atoms with Gasteiger partial charge in [0.15, 0.2) is 5.78 Å². The lowest BCUT2D eigenvalue weighted by atomic mass is 9.51. The van der Waals surface area contributed by atoms with Gasteiger partial charge in [-0.1, -0.05) is 37.5 Å². The Morgan fingerprint density at radius 2 is 2.18 bits per heavy atom. The van der Waals surface area contributed by atoms with Crippen LogP contribution in [-0.4, -0.2) is 17.0 Å².